The minimum Gasteiger partial charge on any atom is -0.381 e. The van der Waals surface area contributed by atoms with Crippen LogP contribution in [0.4, 0.5) is 5.82 Å². The topological polar surface area (TPSA) is 90.0 Å². The molecular formula is C12H22N4O2S2. The van der Waals surface area contributed by atoms with Crippen LogP contribution in [-0.4, -0.2) is 35.7 Å². The molecule has 1 aliphatic rings. The third kappa shape index (κ3) is 2.96. The smallest absolute Gasteiger partial charge is 0.246 e. The first-order chi connectivity index (χ1) is 9.36. The maximum atomic E-state index is 12.6. The Morgan fingerprint density at radius 2 is 2.05 bits per heavy atom. The molecule has 1 aromatic heterocycles. The Hall–Kier alpha value is -0.730. The summed E-state index contributed by atoms with van der Waals surface area (Å²) >= 11 is 1.72. The predicted molar refractivity (Wildman–Crippen MR) is 82.2 cm³/mol. The Morgan fingerprint density at radius 3 is 2.60 bits per heavy atom. The standard InChI is InChI=1S/C12H22N4O2S2/c1-8-11(12(13)14-16(8)2)20(17,18)15-9-6-4-5-7-10(9)19-3/h9-10,15H,4-7H2,1-3H3,(H2,13,14). The molecule has 20 heavy (non-hydrogen) atoms. The normalized spacial score (nSPS) is 23.9. The number of nitrogen functional groups attached to an aromatic ring is 1. The summed E-state index contributed by atoms with van der Waals surface area (Å²) in [6.07, 6.45) is 6.18. The fourth-order valence-electron chi connectivity index (χ4n) is 2.72. The van der Waals surface area contributed by atoms with E-state index in [4.69, 9.17) is 5.73 Å². The molecule has 1 fully saturated rings. The molecule has 0 saturated heterocycles. The van der Waals surface area contributed by atoms with Crippen LogP contribution in [0.3, 0.4) is 0 Å². The molecule has 1 saturated carbocycles. The fourth-order valence-corrected chi connectivity index (χ4v) is 5.38. The van der Waals surface area contributed by atoms with E-state index in [2.05, 4.69) is 9.82 Å². The summed E-state index contributed by atoms with van der Waals surface area (Å²) in [7, 11) is -1.92. The minimum absolute atomic E-state index is 0.0252. The quantitative estimate of drug-likeness (QED) is 0.872. The van der Waals surface area contributed by atoms with Gasteiger partial charge in [-0.1, -0.05) is 12.8 Å². The lowest BCUT2D eigenvalue weighted by molar-refractivity contribution is 0.423. The monoisotopic (exact) mass is 318 g/mol. The number of sulfonamides is 1. The third-order valence-corrected chi connectivity index (χ3v) is 6.71. The first-order valence-electron chi connectivity index (χ1n) is 6.71. The summed E-state index contributed by atoms with van der Waals surface area (Å²) in [6, 6.07) is -0.0252. The van der Waals surface area contributed by atoms with Gasteiger partial charge in [-0.3, -0.25) is 4.68 Å². The SMILES string of the molecule is CSC1CCCCC1NS(=O)(=O)c1c(N)nn(C)c1C. The number of nitrogens with two attached hydrogens (primary N) is 1. The molecule has 2 rings (SSSR count). The molecule has 0 aliphatic heterocycles. The summed E-state index contributed by atoms with van der Waals surface area (Å²) in [5, 5.41) is 4.31. The lowest BCUT2D eigenvalue weighted by atomic mass is 9.96. The van der Waals surface area contributed by atoms with Crippen LogP contribution >= 0.6 is 11.8 Å². The Kier molecular flexibility index (Phi) is 4.66. The van der Waals surface area contributed by atoms with Crippen LogP contribution in [0, 0.1) is 6.92 Å². The molecule has 0 bridgehead atoms. The van der Waals surface area contributed by atoms with E-state index in [-0.39, 0.29) is 16.8 Å². The highest BCUT2D eigenvalue weighted by Crippen LogP contribution is 2.29. The van der Waals surface area contributed by atoms with E-state index in [9.17, 15) is 8.42 Å². The van der Waals surface area contributed by atoms with Crippen molar-refractivity contribution >= 4 is 27.6 Å². The van der Waals surface area contributed by atoms with Crippen LogP contribution in [0.25, 0.3) is 0 Å². The second-order valence-corrected chi connectivity index (χ2v) is 7.94. The molecule has 0 radical (unpaired) electrons. The summed E-state index contributed by atoms with van der Waals surface area (Å²) in [5.41, 5.74) is 6.31. The van der Waals surface area contributed by atoms with E-state index >= 15 is 0 Å². The van der Waals surface area contributed by atoms with E-state index in [0.717, 1.165) is 25.7 Å². The van der Waals surface area contributed by atoms with Crippen molar-refractivity contribution in [2.75, 3.05) is 12.0 Å². The van der Waals surface area contributed by atoms with Crippen molar-refractivity contribution in [3.8, 4) is 0 Å². The van der Waals surface area contributed by atoms with Gasteiger partial charge in [0.25, 0.3) is 0 Å². The van der Waals surface area contributed by atoms with Crippen LogP contribution in [0.2, 0.25) is 0 Å². The van der Waals surface area contributed by atoms with Crippen LogP contribution in [0.15, 0.2) is 4.90 Å². The van der Waals surface area contributed by atoms with E-state index < -0.39 is 10.0 Å². The molecule has 8 heteroatoms. The summed E-state index contributed by atoms with van der Waals surface area (Å²) < 4.78 is 29.4. The number of nitrogens with zero attached hydrogens (tertiary/aromatic N) is 2. The van der Waals surface area contributed by atoms with E-state index in [1.807, 2.05) is 6.26 Å². The van der Waals surface area contributed by atoms with Gasteiger partial charge in [-0.2, -0.15) is 16.9 Å². The molecular weight excluding hydrogens is 296 g/mol. The number of hydrogen-bond donors (Lipinski definition) is 2. The zero-order valence-corrected chi connectivity index (χ0v) is 13.7. The summed E-state index contributed by atoms with van der Waals surface area (Å²) in [5.74, 6) is 0.0639. The van der Waals surface area contributed by atoms with E-state index in [0.29, 0.717) is 10.9 Å². The molecule has 2 atom stereocenters. The van der Waals surface area contributed by atoms with Crippen LogP contribution in [0.5, 0.6) is 0 Å². The van der Waals surface area contributed by atoms with Crippen molar-refractivity contribution in [1.82, 2.24) is 14.5 Å². The average Bonchev–Trinajstić information content (AvgIpc) is 2.63. The number of hydrogen-bond acceptors (Lipinski definition) is 5. The zero-order chi connectivity index (χ0) is 14.9. The van der Waals surface area contributed by atoms with E-state index in [1.165, 1.54) is 4.68 Å². The third-order valence-electron chi connectivity index (χ3n) is 3.88. The van der Waals surface area contributed by atoms with Gasteiger partial charge in [0.2, 0.25) is 10.0 Å². The molecule has 0 spiro atoms. The second-order valence-electron chi connectivity index (χ2n) is 5.21. The number of rotatable bonds is 4. The fraction of sp³-hybridized carbons (Fsp3) is 0.750. The van der Waals surface area contributed by atoms with Gasteiger partial charge in [-0.05, 0) is 26.0 Å². The van der Waals surface area contributed by atoms with Gasteiger partial charge in [0.1, 0.15) is 4.90 Å². The number of aryl methyl sites for hydroxylation is 1. The molecule has 0 amide bonds. The Balaban J connectivity index is 2.26. The number of aromatic nitrogens is 2. The second kappa shape index (κ2) is 5.95. The summed E-state index contributed by atoms with van der Waals surface area (Å²) in [4.78, 5) is 0.116. The average molecular weight is 318 g/mol. The van der Waals surface area contributed by atoms with Crippen molar-refractivity contribution in [3.05, 3.63) is 5.69 Å². The van der Waals surface area contributed by atoms with Gasteiger partial charge >= 0.3 is 0 Å². The molecule has 1 aliphatic carbocycles. The lowest BCUT2D eigenvalue weighted by Crippen LogP contribution is -2.43. The Bertz CT molecular complexity index is 583. The van der Waals surface area contributed by atoms with Crippen LogP contribution < -0.4 is 10.5 Å². The van der Waals surface area contributed by atoms with Crippen LogP contribution in [-0.2, 0) is 17.1 Å². The number of anilines is 1. The predicted octanol–water partition coefficient (Wildman–Crippen LogP) is 1.26. The molecule has 6 nitrogen and oxygen atoms in total. The largest absolute Gasteiger partial charge is 0.381 e. The van der Waals surface area contributed by atoms with Gasteiger partial charge in [0, 0.05) is 18.3 Å². The molecule has 0 aromatic carbocycles. The van der Waals surface area contributed by atoms with Crippen LogP contribution in [0.1, 0.15) is 31.4 Å². The Labute approximate surface area is 124 Å². The van der Waals surface area contributed by atoms with Gasteiger partial charge < -0.3 is 5.73 Å². The first kappa shape index (κ1) is 15.7. The highest BCUT2D eigenvalue weighted by Gasteiger charge is 2.32. The van der Waals surface area contributed by atoms with Crippen molar-refractivity contribution in [2.45, 2.75) is 48.8 Å². The first-order valence-corrected chi connectivity index (χ1v) is 9.48. The van der Waals surface area contributed by atoms with Crippen molar-refractivity contribution in [1.29, 1.82) is 0 Å². The van der Waals surface area contributed by atoms with Gasteiger partial charge in [0.15, 0.2) is 5.82 Å². The van der Waals surface area contributed by atoms with Crippen molar-refractivity contribution < 1.29 is 8.42 Å². The van der Waals surface area contributed by atoms with Gasteiger partial charge in [-0.25, -0.2) is 13.1 Å². The highest BCUT2D eigenvalue weighted by atomic mass is 32.2. The zero-order valence-electron chi connectivity index (χ0n) is 12.1. The molecule has 2 unspecified atom stereocenters. The molecule has 1 heterocycles. The van der Waals surface area contributed by atoms with E-state index in [1.54, 1.807) is 25.7 Å². The minimum atomic E-state index is -3.62. The molecule has 1 aromatic rings. The summed E-state index contributed by atoms with van der Waals surface area (Å²) in [6.45, 7) is 1.71. The molecule has 3 N–H and O–H groups in total. The highest BCUT2D eigenvalue weighted by molar-refractivity contribution is 7.99. The van der Waals surface area contributed by atoms with Crippen molar-refractivity contribution in [3.63, 3.8) is 0 Å². The lowest BCUT2D eigenvalue weighted by Gasteiger charge is -2.30. The maximum Gasteiger partial charge on any atom is 0.246 e. The number of thioether (sulfide) groups is 1. The number of nitrogens with one attached hydrogen (secondary N) is 1. The molecule has 114 valence electrons. The van der Waals surface area contributed by atoms with Crippen molar-refractivity contribution in [2.24, 2.45) is 7.05 Å². The van der Waals surface area contributed by atoms with Gasteiger partial charge in [-0.15, -0.1) is 0 Å². The Morgan fingerprint density at radius 1 is 1.40 bits per heavy atom. The van der Waals surface area contributed by atoms with Gasteiger partial charge in [0.05, 0.1) is 5.69 Å². The maximum absolute atomic E-state index is 12.6.